The minimum Gasteiger partial charge on any atom is -0.325 e. The van der Waals surface area contributed by atoms with Crippen LogP contribution in [-0.2, 0) is 4.79 Å². The molecule has 0 radical (unpaired) electrons. The Labute approximate surface area is 106 Å². The van der Waals surface area contributed by atoms with Gasteiger partial charge in [-0.05, 0) is 43.7 Å². The average Bonchev–Trinajstić information content (AvgIpc) is 2.74. The second-order valence-electron chi connectivity index (χ2n) is 3.65. The van der Waals surface area contributed by atoms with Crippen molar-refractivity contribution < 1.29 is 4.79 Å². The highest BCUT2D eigenvalue weighted by molar-refractivity contribution is 6.30. The highest BCUT2D eigenvalue weighted by Gasteiger charge is 2.21. The number of benzene rings is 1. The molecule has 5 heteroatoms. The lowest BCUT2D eigenvalue weighted by Crippen LogP contribution is -2.35. The van der Waals surface area contributed by atoms with Crippen molar-refractivity contribution in [3.05, 3.63) is 29.3 Å². The van der Waals surface area contributed by atoms with Gasteiger partial charge in [-0.1, -0.05) is 11.6 Å². The summed E-state index contributed by atoms with van der Waals surface area (Å²) in [4.78, 5) is 11.7. The number of anilines is 1. The number of halogens is 2. The molecule has 1 aromatic rings. The van der Waals surface area contributed by atoms with Gasteiger partial charge in [0, 0.05) is 10.7 Å². The molecule has 1 aliphatic heterocycles. The lowest BCUT2D eigenvalue weighted by molar-refractivity contribution is -0.117. The predicted octanol–water partition coefficient (Wildman–Crippen LogP) is 2.45. The molecule has 16 heavy (non-hydrogen) atoms. The zero-order valence-corrected chi connectivity index (χ0v) is 10.3. The van der Waals surface area contributed by atoms with E-state index in [0.717, 1.165) is 25.1 Å². The molecule has 0 aliphatic carbocycles. The van der Waals surface area contributed by atoms with Gasteiger partial charge in [0.05, 0.1) is 6.04 Å². The summed E-state index contributed by atoms with van der Waals surface area (Å²) >= 11 is 5.75. The van der Waals surface area contributed by atoms with Gasteiger partial charge in [0.1, 0.15) is 0 Å². The monoisotopic (exact) mass is 260 g/mol. The minimum absolute atomic E-state index is 0. The highest BCUT2D eigenvalue weighted by atomic mass is 35.5. The van der Waals surface area contributed by atoms with Crippen LogP contribution < -0.4 is 10.6 Å². The van der Waals surface area contributed by atoms with Gasteiger partial charge in [0.15, 0.2) is 0 Å². The third kappa shape index (κ3) is 3.37. The molecule has 1 heterocycles. The molecule has 0 saturated carbocycles. The SMILES string of the molecule is Cl.O=C(Nc1ccc(Cl)cc1)[C@@H]1CCCN1. The van der Waals surface area contributed by atoms with Crippen molar-refractivity contribution in [2.45, 2.75) is 18.9 Å². The minimum atomic E-state index is -0.0410. The average molecular weight is 261 g/mol. The Morgan fingerprint density at radius 2 is 2.06 bits per heavy atom. The Hall–Kier alpha value is -0.770. The van der Waals surface area contributed by atoms with Crippen LogP contribution in [0.3, 0.4) is 0 Å². The number of hydrogen-bond acceptors (Lipinski definition) is 2. The molecule has 0 aromatic heterocycles. The van der Waals surface area contributed by atoms with Crippen molar-refractivity contribution in [3.63, 3.8) is 0 Å². The molecule has 0 spiro atoms. The number of rotatable bonds is 2. The zero-order chi connectivity index (χ0) is 10.7. The van der Waals surface area contributed by atoms with Crippen LogP contribution in [0.15, 0.2) is 24.3 Å². The highest BCUT2D eigenvalue weighted by Crippen LogP contribution is 2.14. The van der Waals surface area contributed by atoms with Crippen LogP contribution in [0.25, 0.3) is 0 Å². The Balaban J connectivity index is 0.00000128. The largest absolute Gasteiger partial charge is 0.325 e. The van der Waals surface area contributed by atoms with Gasteiger partial charge in [-0.2, -0.15) is 0 Å². The first-order chi connectivity index (χ1) is 7.25. The van der Waals surface area contributed by atoms with Gasteiger partial charge in [-0.25, -0.2) is 0 Å². The fourth-order valence-electron chi connectivity index (χ4n) is 1.67. The smallest absolute Gasteiger partial charge is 0.241 e. The third-order valence-electron chi connectivity index (χ3n) is 2.49. The first-order valence-electron chi connectivity index (χ1n) is 5.05. The quantitative estimate of drug-likeness (QED) is 0.858. The van der Waals surface area contributed by atoms with E-state index in [4.69, 9.17) is 11.6 Å². The number of amides is 1. The van der Waals surface area contributed by atoms with E-state index in [1.807, 2.05) is 0 Å². The number of hydrogen-bond donors (Lipinski definition) is 2. The number of nitrogens with one attached hydrogen (secondary N) is 2. The summed E-state index contributed by atoms with van der Waals surface area (Å²) in [5.74, 6) is 0.0369. The van der Waals surface area contributed by atoms with Crippen LogP contribution in [-0.4, -0.2) is 18.5 Å². The predicted molar refractivity (Wildman–Crippen MR) is 68.4 cm³/mol. The van der Waals surface area contributed by atoms with Crippen LogP contribution in [0, 0.1) is 0 Å². The van der Waals surface area contributed by atoms with E-state index >= 15 is 0 Å². The molecule has 2 rings (SSSR count). The molecule has 0 bridgehead atoms. The van der Waals surface area contributed by atoms with Crippen LogP contribution in [0.1, 0.15) is 12.8 Å². The lowest BCUT2D eigenvalue weighted by Gasteiger charge is -2.10. The second kappa shape index (κ2) is 6.09. The maximum absolute atomic E-state index is 11.7. The van der Waals surface area contributed by atoms with E-state index in [-0.39, 0.29) is 24.4 Å². The van der Waals surface area contributed by atoms with E-state index in [0.29, 0.717) is 5.02 Å². The topological polar surface area (TPSA) is 41.1 Å². The molecular formula is C11H14Cl2N2O. The molecular weight excluding hydrogens is 247 g/mol. The van der Waals surface area contributed by atoms with Gasteiger partial charge in [0.2, 0.25) is 5.91 Å². The molecule has 1 fully saturated rings. The molecule has 2 N–H and O–H groups in total. The van der Waals surface area contributed by atoms with E-state index in [1.54, 1.807) is 24.3 Å². The molecule has 1 saturated heterocycles. The molecule has 0 unspecified atom stereocenters. The van der Waals surface area contributed by atoms with Crippen LogP contribution in [0.2, 0.25) is 5.02 Å². The van der Waals surface area contributed by atoms with Crippen molar-refractivity contribution in [3.8, 4) is 0 Å². The summed E-state index contributed by atoms with van der Waals surface area (Å²) in [6, 6.07) is 7.09. The van der Waals surface area contributed by atoms with Crippen molar-refractivity contribution in [1.82, 2.24) is 5.32 Å². The summed E-state index contributed by atoms with van der Waals surface area (Å²) in [5.41, 5.74) is 0.790. The van der Waals surface area contributed by atoms with E-state index in [2.05, 4.69) is 10.6 Å². The van der Waals surface area contributed by atoms with Crippen molar-refractivity contribution in [2.24, 2.45) is 0 Å². The summed E-state index contributed by atoms with van der Waals surface area (Å²) in [6.45, 7) is 0.929. The Morgan fingerprint density at radius 3 is 2.62 bits per heavy atom. The van der Waals surface area contributed by atoms with E-state index in [9.17, 15) is 4.79 Å². The summed E-state index contributed by atoms with van der Waals surface area (Å²) in [7, 11) is 0. The Bertz CT molecular complexity index is 348. The third-order valence-corrected chi connectivity index (χ3v) is 2.74. The molecule has 1 amide bonds. The van der Waals surface area contributed by atoms with Gasteiger partial charge in [-0.15, -0.1) is 12.4 Å². The standard InChI is InChI=1S/C11H13ClN2O.ClH/c12-8-3-5-9(6-4-8)14-11(15)10-2-1-7-13-10;/h3-6,10,13H,1-2,7H2,(H,14,15);1H/t10-;/m0./s1. The first kappa shape index (κ1) is 13.3. The fraction of sp³-hybridized carbons (Fsp3) is 0.364. The van der Waals surface area contributed by atoms with Crippen LogP contribution in [0.4, 0.5) is 5.69 Å². The van der Waals surface area contributed by atoms with Gasteiger partial charge in [0.25, 0.3) is 0 Å². The van der Waals surface area contributed by atoms with E-state index < -0.39 is 0 Å². The molecule has 1 aromatic carbocycles. The fourth-order valence-corrected chi connectivity index (χ4v) is 1.80. The maximum Gasteiger partial charge on any atom is 0.241 e. The first-order valence-corrected chi connectivity index (χ1v) is 5.43. The van der Waals surface area contributed by atoms with Crippen molar-refractivity contribution >= 4 is 35.6 Å². The maximum atomic E-state index is 11.7. The van der Waals surface area contributed by atoms with Crippen LogP contribution in [0.5, 0.6) is 0 Å². The lowest BCUT2D eigenvalue weighted by atomic mass is 10.2. The Morgan fingerprint density at radius 1 is 1.38 bits per heavy atom. The summed E-state index contributed by atoms with van der Waals surface area (Å²) < 4.78 is 0. The summed E-state index contributed by atoms with van der Waals surface area (Å²) in [5, 5.41) is 6.67. The second-order valence-corrected chi connectivity index (χ2v) is 4.08. The molecule has 1 aliphatic rings. The van der Waals surface area contributed by atoms with Gasteiger partial charge < -0.3 is 10.6 Å². The van der Waals surface area contributed by atoms with E-state index in [1.165, 1.54) is 0 Å². The molecule has 88 valence electrons. The number of carbonyl (C=O) groups is 1. The van der Waals surface area contributed by atoms with Crippen LogP contribution >= 0.6 is 24.0 Å². The Kier molecular flexibility index (Phi) is 5.06. The molecule has 3 nitrogen and oxygen atoms in total. The van der Waals surface area contributed by atoms with Crippen molar-refractivity contribution in [2.75, 3.05) is 11.9 Å². The molecule has 1 atom stereocenters. The normalized spacial score (nSPS) is 18.9. The van der Waals surface area contributed by atoms with Gasteiger partial charge in [-0.3, -0.25) is 4.79 Å². The van der Waals surface area contributed by atoms with Crippen molar-refractivity contribution in [1.29, 1.82) is 0 Å². The number of carbonyl (C=O) groups excluding carboxylic acids is 1. The van der Waals surface area contributed by atoms with Gasteiger partial charge >= 0.3 is 0 Å². The summed E-state index contributed by atoms with van der Waals surface area (Å²) in [6.07, 6.45) is 1.98. The zero-order valence-electron chi connectivity index (χ0n) is 8.70.